The van der Waals surface area contributed by atoms with Gasteiger partial charge in [0.2, 0.25) is 0 Å². The first-order valence-electron chi connectivity index (χ1n) is 5.45. The summed E-state index contributed by atoms with van der Waals surface area (Å²) < 4.78 is 0. The van der Waals surface area contributed by atoms with Gasteiger partial charge in [-0.15, -0.1) is 0 Å². The molecule has 0 radical (unpaired) electrons. The van der Waals surface area contributed by atoms with Gasteiger partial charge >= 0.3 is 0 Å². The molecule has 0 nitrogen and oxygen atoms in total. The van der Waals surface area contributed by atoms with Crippen LogP contribution in [0.3, 0.4) is 0 Å². The molecular formula is C11H18. The Hall–Kier alpha value is 0. The van der Waals surface area contributed by atoms with E-state index in [4.69, 9.17) is 0 Å². The van der Waals surface area contributed by atoms with Gasteiger partial charge in [0.1, 0.15) is 0 Å². The largest absolute Gasteiger partial charge is 0.0528 e. The highest BCUT2D eigenvalue weighted by molar-refractivity contribution is 4.96. The molecule has 0 heteroatoms. The molecule has 0 aromatic carbocycles. The Morgan fingerprint density at radius 2 is 1.09 bits per heavy atom. The Labute approximate surface area is 69.4 Å². The van der Waals surface area contributed by atoms with Crippen molar-refractivity contribution in [2.24, 2.45) is 23.7 Å². The van der Waals surface area contributed by atoms with Crippen molar-refractivity contribution in [2.45, 2.75) is 44.9 Å². The number of fused-ring (bicyclic) bond motifs is 3. The molecule has 4 aliphatic carbocycles. The fourth-order valence-corrected chi connectivity index (χ4v) is 3.94. The summed E-state index contributed by atoms with van der Waals surface area (Å²) in [6.07, 6.45) is 11.1. The van der Waals surface area contributed by atoms with E-state index < -0.39 is 0 Å². The number of hydrogen-bond donors (Lipinski definition) is 0. The van der Waals surface area contributed by atoms with Gasteiger partial charge < -0.3 is 0 Å². The van der Waals surface area contributed by atoms with Gasteiger partial charge in [-0.05, 0) is 49.4 Å². The maximum absolute atomic E-state index is 1.59. The van der Waals surface area contributed by atoms with Crippen LogP contribution >= 0.6 is 0 Å². The lowest BCUT2D eigenvalue weighted by atomic mass is 9.57. The predicted octanol–water partition coefficient (Wildman–Crippen LogP) is 3.22. The van der Waals surface area contributed by atoms with Crippen molar-refractivity contribution in [1.29, 1.82) is 0 Å². The topological polar surface area (TPSA) is 0 Å². The van der Waals surface area contributed by atoms with Crippen molar-refractivity contribution in [3.05, 3.63) is 0 Å². The molecule has 4 aliphatic rings. The van der Waals surface area contributed by atoms with Crippen molar-refractivity contribution >= 4 is 0 Å². The van der Waals surface area contributed by atoms with E-state index in [0.29, 0.717) is 0 Å². The van der Waals surface area contributed by atoms with Gasteiger partial charge in [-0.2, -0.15) is 0 Å². The van der Waals surface area contributed by atoms with Crippen molar-refractivity contribution in [2.75, 3.05) is 0 Å². The minimum atomic E-state index is 1.17. The summed E-state index contributed by atoms with van der Waals surface area (Å²) in [4.78, 5) is 0. The van der Waals surface area contributed by atoms with Gasteiger partial charge in [0.25, 0.3) is 0 Å². The highest BCUT2D eigenvalue weighted by Gasteiger charge is 2.45. The van der Waals surface area contributed by atoms with Crippen molar-refractivity contribution in [1.82, 2.24) is 0 Å². The zero-order valence-electron chi connectivity index (χ0n) is 7.26. The lowest BCUT2D eigenvalue weighted by Gasteiger charge is -2.48. The second kappa shape index (κ2) is 2.24. The third-order valence-corrected chi connectivity index (χ3v) is 4.65. The van der Waals surface area contributed by atoms with Gasteiger partial charge in [-0.3, -0.25) is 0 Å². The third kappa shape index (κ3) is 0.816. The standard InChI is InChI=1S/C11H18/c1-2-8-4-5-9(3-1)11-7-6-10(8)11/h8-11H,1-7H2. The van der Waals surface area contributed by atoms with E-state index in [1.807, 2.05) is 0 Å². The van der Waals surface area contributed by atoms with Crippen LogP contribution in [0.5, 0.6) is 0 Å². The molecule has 0 N–H and O–H groups in total. The molecule has 4 rings (SSSR count). The molecular weight excluding hydrogens is 132 g/mol. The first-order valence-corrected chi connectivity index (χ1v) is 5.45. The summed E-state index contributed by atoms with van der Waals surface area (Å²) in [6.45, 7) is 0. The summed E-state index contributed by atoms with van der Waals surface area (Å²) >= 11 is 0. The maximum Gasteiger partial charge on any atom is -0.0355 e. The first kappa shape index (κ1) is 6.51. The van der Waals surface area contributed by atoms with Crippen molar-refractivity contribution in [3.8, 4) is 0 Å². The van der Waals surface area contributed by atoms with Gasteiger partial charge in [-0.1, -0.05) is 19.3 Å². The van der Waals surface area contributed by atoms with Gasteiger partial charge in [0, 0.05) is 0 Å². The van der Waals surface area contributed by atoms with E-state index in [9.17, 15) is 0 Å². The molecule has 0 saturated heterocycles. The molecule has 0 amide bonds. The monoisotopic (exact) mass is 150 g/mol. The fraction of sp³-hybridized carbons (Fsp3) is 1.00. The van der Waals surface area contributed by atoms with E-state index >= 15 is 0 Å². The lowest BCUT2D eigenvalue weighted by molar-refractivity contribution is 0.0173. The van der Waals surface area contributed by atoms with E-state index in [1.165, 1.54) is 23.7 Å². The summed E-state index contributed by atoms with van der Waals surface area (Å²) in [5.74, 6) is 4.76. The normalized spacial score (nSPS) is 54.5. The fourth-order valence-electron chi connectivity index (χ4n) is 3.94. The van der Waals surface area contributed by atoms with Gasteiger partial charge in [0.15, 0.2) is 0 Å². The van der Waals surface area contributed by atoms with E-state index in [-0.39, 0.29) is 0 Å². The highest BCUT2D eigenvalue weighted by atomic mass is 14.5. The second-order valence-electron chi connectivity index (χ2n) is 4.93. The summed E-state index contributed by atoms with van der Waals surface area (Å²) in [5, 5.41) is 0. The first-order chi connectivity index (χ1) is 5.45. The Kier molecular flexibility index (Phi) is 1.33. The molecule has 4 saturated carbocycles. The van der Waals surface area contributed by atoms with Gasteiger partial charge in [0.05, 0.1) is 0 Å². The minimum absolute atomic E-state index is 1.17. The van der Waals surface area contributed by atoms with E-state index in [0.717, 1.165) is 0 Å². The SMILES string of the molecule is C1CC2CCC(C1)C1CCC21. The molecule has 4 fully saturated rings. The maximum atomic E-state index is 1.59. The molecule has 4 unspecified atom stereocenters. The van der Waals surface area contributed by atoms with Crippen LogP contribution in [0, 0.1) is 23.7 Å². The molecule has 11 heavy (non-hydrogen) atoms. The molecule has 0 aliphatic heterocycles. The second-order valence-corrected chi connectivity index (χ2v) is 4.93. The Balaban J connectivity index is 1.88. The molecule has 0 aromatic rings. The van der Waals surface area contributed by atoms with Crippen LogP contribution in [0.4, 0.5) is 0 Å². The average Bonchev–Trinajstić information content (AvgIpc) is 2.17. The molecule has 62 valence electrons. The smallest absolute Gasteiger partial charge is 0.0355 e. The van der Waals surface area contributed by atoms with Crippen LogP contribution in [0.15, 0.2) is 0 Å². The van der Waals surface area contributed by atoms with Crippen LogP contribution in [0.25, 0.3) is 0 Å². The van der Waals surface area contributed by atoms with Crippen molar-refractivity contribution in [3.63, 3.8) is 0 Å². The number of rotatable bonds is 0. The van der Waals surface area contributed by atoms with E-state index in [2.05, 4.69) is 0 Å². The van der Waals surface area contributed by atoms with Crippen LogP contribution < -0.4 is 0 Å². The average molecular weight is 150 g/mol. The molecule has 4 atom stereocenters. The Morgan fingerprint density at radius 3 is 1.55 bits per heavy atom. The van der Waals surface area contributed by atoms with Crippen LogP contribution in [0.1, 0.15) is 44.9 Å². The molecule has 0 aromatic heterocycles. The van der Waals surface area contributed by atoms with Crippen LogP contribution in [-0.2, 0) is 0 Å². The molecule has 0 spiro atoms. The summed E-state index contributed by atoms with van der Waals surface area (Å²) in [7, 11) is 0. The molecule has 2 bridgehead atoms. The summed E-state index contributed by atoms with van der Waals surface area (Å²) in [6, 6.07) is 0. The highest BCUT2D eigenvalue weighted by Crippen LogP contribution is 2.55. The Bertz CT molecular complexity index is 135. The van der Waals surface area contributed by atoms with Gasteiger partial charge in [-0.25, -0.2) is 0 Å². The summed E-state index contributed by atoms with van der Waals surface area (Å²) in [5.41, 5.74) is 0. The quantitative estimate of drug-likeness (QED) is 0.497. The van der Waals surface area contributed by atoms with E-state index in [1.54, 1.807) is 44.9 Å². The van der Waals surface area contributed by atoms with Crippen LogP contribution in [-0.4, -0.2) is 0 Å². The Morgan fingerprint density at radius 1 is 0.545 bits per heavy atom. The zero-order valence-corrected chi connectivity index (χ0v) is 7.26. The number of hydrogen-bond acceptors (Lipinski definition) is 0. The lowest BCUT2D eigenvalue weighted by Crippen LogP contribution is -2.39. The zero-order chi connectivity index (χ0) is 7.26. The third-order valence-electron chi connectivity index (χ3n) is 4.65. The molecule has 0 heterocycles. The minimum Gasteiger partial charge on any atom is -0.0528 e. The predicted molar refractivity (Wildman–Crippen MR) is 46.3 cm³/mol. The van der Waals surface area contributed by atoms with Crippen molar-refractivity contribution < 1.29 is 0 Å². The van der Waals surface area contributed by atoms with Crippen LogP contribution in [0.2, 0.25) is 0 Å².